The molecule has 2 N–H and O–H groups in total. The van der Waals surface area contributed by atoms with Gasteiger partial charge in [-0.3, -0.25) is 0 Å². The Bertz CT molecular complexity index is 2490. The van der Waals surface area contributed by atoms with Crippen LogP contribution in [0.5, 0.6) is 11.5 Å². The van der Waals surface area contributed by atoms with Gasteiger partial charge in [0, 0.05) is 11.1 Å². The number of phenolic OH excluding ortho intramolecular Hbond substituents is 2. The van der Waals surface area contributed by atoms with E-state index >= 15 is 0 Å². The van der Waals surface area contributed by atoms with Crippen molar-refractivity contribution in [1.82, 2.24) is 9.97 Å². The third kappa shape index (κ3) is 8.60. The zero-order valence-electron chi connectivity index (χ0n) is 33.3. The second-order valence-corrected chi connectivity index (χ2v) is 14.0. The van der Waals surface area contributed by atoms with Gasteiger partial charge in [-0.25, -0.2) is 9.97 Å². The van der Waals surface area contributed by atoms with Crippen molar-refractivity contribution in [2.45, 2.75) is 27.7 Å². The summed E-state index contributed by atoms with van der Waals surface area (Å²) in [5, 5.41) is 22.4. The fourth-order valence-electron chi connectivity index (χ4n) is 7.64. The molecule has 0 radical (unpaired) electrons. The standard InChI is InChI=1S/C50H40N2O2.2CH3.Zr/c1-31-25-33(3)49(39(27-31)35-13-7-5-8-14-35)37-21-23-47(53)41(29-37)43-17-11-19-45(51-43)46-20-12-18-44(52-46)42-30-38(22-24-48(42)54)50-34(4)26-32(2)28-40(50)36-15-9-6-10-16-36;;;/h5-30,53-54H,1-4H3;2*1H3;/q;2*-1;+2. The minimum absolute atomic E-state index is 0. The molecule has 0 atom stereocenters. The Hall–Kier alpha value is -5.90. The number of aromatic nitrogens is 2. The van der Waals surface area contributed by atoms with E-state index in [1.54, 1.807) is 12.1 Å². The quantitative estimate of drug-likeness (QED) is 0.157. The van der Waals surface area contributed by atoms with Crippen LogP contribution in [0.2, 0.25) is 0 Å². The molecular weight excluding hydrogens is 776 g/mol. The molecule has 8 aromatic rings. The third-order valence-electron chi connectivity index (χ3n) is 10.0. The summed E-state index contributed by atoms with van der Waals surface area (Å²) in [5.74, 6) is 0.304. The fourth-order valence-corrected chi connectivity index (χ4v) is 7.64. The van der Waals surface area contributed by atoms with Crippen molar-refractivity contribution in [3.8, 4) is 89.9 Å². The monoisotopic (exact) mass is 820 g/mol. The molecule has 0 aliphatic carbocycles. The van der Waals surface area contributed by atoms with Crippen LogP contribution in [0.15, 0.2) is 158 Å². The maximum Gasteiger partial charge on any atom is 2.00 e. The van der Waals surface area contributed by atoms with Crippen molar-refractivity contribution in [3.63, 3.8) is 0 Å². The fraction of sp³-hybridized carbons (Fsp3) is 0.0769. The second-order valence-electron chi connectivity index (χ2n) is 14.0. The Kier molecular flexibility index (Phi) is 13.3. The van der Waals surface area contributed by atoms with Crippen LogP contribution in [0.1, 0.15) is 22.3 Å². The molecule has 4 nitrogen and oxygen atoms in total. The van der Waals surface area contributed by atoms with E-state index in [1.165, 1.54) is 11.1 Å². The maximum absolute atomic E-state index is 11.2. The smallest absolute Gasteiger partial charge is 0.507 e. The molecule has 0 aliphatic heterocycles. The number of aryl methyl sites for hydroxylation is 4. The van der Waals surface area contributed by atoms with E-state index in [2.05, 4.69) is 100 Å². The molecule has 0 fully saturated rings. The zero-order chi connectivity index (χ0) is 37.3. The van der Waals surface area contributed by atoms with Gasteiger partial charge in [-0.05, 0) is 132 Å². The molecule has 8 rings (SSSR count). The molecule has 0 saturated heterocycles. The van der Waals surface area contributed by atoms with Crippen molar-refractivity contribution in [3.05, 3.63) is 195 Å². The van der Waals surface area contributed by atoms with Gasteiger partial charge in [-0.1, -0.05) is 120 Å². The van der Waals surface area contributed by atoms with Gasteiger partial charge in [0.25, 0.3) is 0 Å². The van der Waals surface area contributed by atoms with Gasteiger partial charge in [0.2, 0.25) is 0 Å². The van der Waals surface area contributed by atoms with E-state index in [-0.39, 0.29) is 52.6 Å². The molecule has 280 valence electrons. The van der Waals surface area contributed by atoms with Gasteiger partial charge in [-0.15, -0.1) is 0 Å². The first-order chi connectivity index (χ1) is 26.2. The van der Waals surface area contributed by atoms with Gasteiger partial charge in [-0.2, -0.15) is 0 Å². The number of nitrogens with zero attached hydrogens (tertiary/aromatic N) is 2. The first kappa shape index (κ1) is 42.2. The minimum atomic E-state index is 0. The van der Waals surface area contributed by atoms with Crippen LogP contribution in [0.3, 0.4) is 0 Å². The number of benzene rings is 6. The Morgan fingerprint density at radius 3 is 1.11 bits per heavy atom. The van der Waals surface area contributed by atoms with Crippen LogP contribution in [0.4, 0.5) is 0 Å². The molecular formula is C52H46N2O2Zr. The number of rotatable bonds is 7. The maximum atomic E-state index is 11.2. The van der Waals surface area contributed by atoms with Gasteiger partial charge in [0.05, 0.1) is 22.8 Å². The van der Waals surface area contributed by atoms with Crippen LogP contribution in [-0.2, 0) is 26.2 Å². The molecule has 2 heterocycles. The van der Waals surface area contributed by atoms with Gasteiger partial charge in [0.15, 0.2) is 0 Å². The van der Waals surface area contributed by atoms with E-state index in [0.717, 1.165) is 55.6 Å². The molecule has 2 aromatic heterocycles. The SMILES string of the molecule is Cc1cc(C)c(-c2ccc(O)c(-c3cccc(-c4cccc(-c5cc(-c6c(C)cc(C)cc6-c6ccccc6)ccc5O)n4)n3)c2)c(-c2ccccc2)c1.[CH3-].[CH3-].[Zr+2]. The van der Waals surface area contributed by atoms with E-state index in [1.807, 2.05) is 72.8 Å². The topological polar surface area (TPSA) is 66.2 Å². The third-order valence-corrected chi connectivity index (χ3v) is 10.0. The summed E-state index contributed by atoms with van der Waals surface area (Å²) in [4.78, 5) is 10.1. The molecule has 5 heteroatoms. The molecule has 0 spiro atoms. The largest absolute Gasteiger partial charge is 2.00 e. The number of hydrogen-bond acceptors (Lipinski definition) is 4. The number of hydrogen-bond donors (Lipinski definition) is 2. The summed E-state index contributed by atoms with van der Waals surface area (Å²) < 4.78 is 0. The molecule has 0 aliphatic rings. The first-order valence-corrected chi connectivity index (χ1v) is 18.2. The Labute approximate surface area is 356 Å². The minimum Gasteiger partial charge on any atom is -0.507 e. The summed E-state index contributed by atoms with van der Waals surface area (Å²) in [7, 11) is 0. The molecule has 0 amide bonds. The van der Waals surface area contributed by atoms with E-state index in [9.17, 15) is 10.2 Å². The summed E-state index contributed by atoms with van der Waals surface area (Å²) in [6.07, 6.45) is 0. The predicted octanol–water partition coefficient (Wildman–Crippen LogP) is 13.7. The Morgan fingerprint density at radius 2 is 0.719 bits per heavy atom. The summed E-state index contributed by atoms with van der Waals surface area (Å²) in [6, 6.07) is 52.7. The normalized spacial score (nSPS) is 10.5. The first-order valence-electron chi connectivity index (χ1n) is 18.2. The zero-order valence-corrected chi connectivity index (χ0v) is 35.8. The summed E-state index contributed by atoms with van der Waals surface area (Å²) in [5.41, 5.74) is 17.4. The van der Waals surface area contributed by atoms with Crippen molar-refractivity contribution < 1.29 is 36.4 Å². The van der Waals surface area contributed by atoms with Gasteiger partial charge < -0.3 is 25.1 Å². The summed E-state index contributed by atoms with van der Waals surface area (Å²) >= 11 is 0. The molecule has 6 aromatic carbocycles. The summed E-state index contributed by atoms with van der Waals surface area (Å²) in [6.45, 7) is 8.51. The average Bonchev–Trinajstić information content (AvgIpc) is 3.19. The second kappa shape index (κ2) is 17.9. The van der Waals surface area contributed by atoms with Crippen LogP contribution in [0, 0.1) is 42.5 Å². The molecule has 57 heavy (non-hydrogen) atoms. The Morgan fingerprint density at radius 1 is 0.351 bits per heavy atom. The molecule has 0 saturated carbocycles. The van der Waals surface area contributed by atoms with Gasteiger partial charge in [0.1, 0.15) is 11.5 Å². The Balaban J connectivity index is 0.00000207. The van der Waals surface area contributed by atoms with Crippen LogP contribution >= 0.6 is 0 Å². The van der Waals surface area contributed by atoms with E-state index in [0.29, 0.717) is 33.9 Å². The predicted molar refractivity (Wildman–Crippen MR) is 235 cm³/mol. The van der Waals surface area contributed by atoms with Crippen LogP contribution in [-0.4, -0.2) is 20.2 Å². The molecule has 0 bridgehead atoms. The number of aromatic hydroxyl groups is 2. The van der Waals surface area contributed by atoms with Gasteiger partial charge >= 0.3 is 26.2 Å². The van der Waals surface area contributed by atoms with Crippen molar-refractivity contribution >= 4 is 0 Å². The average molecular weight is 822 g/mol. The van der Waals surface area contributed by atoms with Crippen LogP contribution < -0.4 is 0 Å². The molecule has 0 unspecified atom stereocenters. The number of phenols is 2. The van der Waals surface area contributed by atoms with Crippen molar-refractivity contribution in [2.75, 3.05) is 0 Å². The van der Waals surface area contributed by atoms with Crippen molar-refractivity contribution in [2.24, 2.45) is 0 Å². The van der Waals surface area contributed by atoms with Crippen molar-refractivity contribution in [1.29, 1.82) is 0 Å². The van der Waals surface area contributed by atoms with E-state index < -0.39 is 0 Å². The number of pyridine rings is 2. The van der Waals surface area contributed by atoms with Crippen LogP contribution in [0.25, 0.3) is 78.4 Å². The van der Waals surface area contributed by atoms with E-state index in [4.69, 9.17) is 9.97 Å².